The van der Waals surface area contributed by atoms with Crippen LogP contribution < -0.4 is 0 Å². The molecule has 1 aromatic heterocycles. The minimum absolute atomic E-state index is 0.00623. The second-order valence-corrected chi connectivity index (χ2v) is 7.26. The number of hydrogen-bond acceptors (Lipinski definition) is 3. The molecule has 0 saturated carbocycles. The number of imidazole rings is 1. The number of carbonyl (C=O) groups is 1. The van der Waals surface area contributed by atoms with Crippen molar-refractivity contribution >= 4 is 40.1 Å². The number of nitrogens with zero attached hydrogens (tertiary/aromatic N) is 2. The van der Waals surface area contributed by atoms with Gasteiger partial charge in [0.2, 0.25) is 5.12 Å². The molecule has 0 spiro atoms. The third-order valence-corrected chi connectivity index (χ3v) is 5.17. The third-order valence-electron chi connectivity index (χ3n) is 3.51. The number of benzene rings is 2. The fraction of sp³-hybridized carbons (Fsp3) is 0.111. The zero-order valence-corrected chi connectivity index (χ0v) is 14.9. The van der Waals surface area contributed by atoms with Crippen LogP contribution in [0.4, 0.5) is 0 Å². The summed E-state index contributed by atoms with van der Waals surface area (Å²) in [7, 11) is 0. The second kappa shape index (κ2) is 7.88. The van der Waals surface area contributed by atoms with Gasteiger partial charge < -0.3 is 4.57 Å². The van der Waals surface area contributed by atoms with Crippen LogP contribution in [0.5, 0.6) is 0 Å². The fourth-order valence-electron chi connectivity index (χ4n) is 2.26. The van der Waals surface area contributed by atoms with Crippen LogP contribution in [0.1, 0.15) is 21.2 Å². The van der Waals surface area contributed by atoms with E-state index in [0.29, 0.717) is 22.2 Å². The quantitative estimate of drug-likeness (QED) is 0.589. The summed E-state index contributed by atoms with van der Waals surface area (Å²) in [5, 5.41) is 1.25. The van der Waals surface area contributed by atoms with Crippen molar-refractivity contribution in [1.82, 2.24) is 9.55 Å². The Morgan fingerprint density at radius 1 is 1.04 bits per heavy atom. The van der Waals surface area contributed by atoms with Gasteiger partial charge in [0.25, 0.3) is 0 Å². The summed E-state index contributed by atoms with van der Waals surface area (Å²) >= 11 is 13.1. The Balaban J connectivity index is 1.82. The van der Waals surface area contributed by atoms with Gasteiger partial charge in [-0.2, -0.15) is 0 Å². The normalized spacial score (nSPS) is 12.1. The molecular formula is C18H14Cl2N2OS. The van der Waals surface area contributed by atoms with Gasteiger partial charge in [0.15, 0.2) is 0 Å². The average molecular weight is 377 g/mol. The molecule has 0 aliphatic carbocycles. The van der Waals surface area contributed by atoms with E-state index < -0.39 is 0 Å². The summed E-state index contributed by atoms with van der Waals surface area (Å²) in [5.41, 5.74) is 1.68. The lowest BCUT2D eigenvalue weighted by Crippen LogP contribution is -2.08. The topological polar surface area (TPSA) is 34.9 Å². The van der Waals surface area contributed by atoms with E-state index in [-0.39, 0.29) is 10.4 Å². The highest BCUT2D eigenvalue weighted by molar-refractivity contribution is 8.14. The molecule has 3 rings (SSSR count). The summed E-state index contributed by atoms with van der Waals surface area (Å²) in [6.45, 7) is 0.644. The SMILES string of the molecule is O=C(SC(Cn1ccnc1)c1ccc(Cl)cc1)c1ccc(Cl)cc1. The second-order valence-electron chi connectivity index (χ2n) is 5.21. The molecule has 3 nitrogen and oxygen atoms in total. The standard InChI is InChI=1S/C18H14Cl2N2OS/c19-15-5-1-13(2-6-15)17(11-22-10-9-21-12-22)24-18(23)14-3-7-16(20)8-4-14/h1-10,12,17H,11H2. The van der Waals surface area contributed by atoms with Crippen LogP contribution >= 0.6 is 35.0 Å². The van der Waals surface area contributed by atoms with Crippen molar-refractivity contribution in [1.29, 1.82) is 0 Å². The number of thioether (sulfide) groups is 1. The van der Waals surface area contributed by atoms with Crippen molar-refractivity contribution < 1.29 is 4.79 Å². The maximum absolute atomic E-state index is 12.6. The number of hydrogen-bond donors (Lipinski definition) is 0. The van der Waals surface area contributed by atoms with Crippen LogP contribution in [0.15, 0.2) is 67.3 Å². The molecule has 122 valence electrons. The van der Waals surface area contributed by atoms with E-state index in [0.717, 1.165) is 5.56 Å². The Morgan fingerprint density at radius 2 is 1.67 bits per heavy atom. The van der Waals surface area contributed by atoms with Crippen LogP contribution in [0.25, 0.3) is 0 Å². The summed E-state index contributed by atoms with van der Waals surface area (Å²) < 4.78 is 1.96. The van der Waals surface area contributed by atoms with E-state index in [1.807, 2.05) is 35.0 Å². The predicted octanol–water partition coefficient (Wildman–Crippen LogP) is 5.50. The minimum Gasteiger partial charge on any atom is -0.336 e. The molecule has 3 aromatic rings. The highest BCUT2D eigenvalue weighted by atomic mass is 35.5. The molecule has 0 saturated heterocycles. The molecular weight excluding hydrogens is 363 g/mol. The van der Waals surface area contributed by atoms with E-state index in [4.69, 9.17) is 23.2 Å². The fourth-order valence-corrected chi connectivity index (χ4v) is 3.58. The average Bonchev–Trinajstić information content (AvgIpc) is 3.08. The zero-order valence-electron chi connectivity index (χ0n) is 12.6. The highest BCUT2D eigenvalue weighted by Gasteiger charge is 2.19. The summed E-state index contributed by atoms with van der Waals surface area (Å²) in [6, 6.07) is 14.5. The monoisotopic (exact) mass is 376 g/mol. The van der Waals surface area contributed by atoms with Crippen LogP contribution in [0, 0.1) is 0 Å². The van der Waals surface area contributed by atoms with Crippen LogP contribution in [-0.4, -0.2) is 14.7 Å². The van der Waals surface area contributed by atoms with Crippen LogP contribution in [0.3, 0.4) is 0 Å². The van der Waals surface area contributed by atoms with Gasteiger partial charge in [-0.25, -0.2) is 4.98 Å². The minimum atomic E-state index is -0.0420. The lowest BCUT2D eigenvalue weighted by molar-refractivity contribution is 0.108. The van der Waals surface area contributed by atoms with Crippen LogP contribution in [0.2, 0.25) is 10.0 Å². The Labute approximate surface area is 154 Å². The van der Waals surface area contributed by atoms with Crippen molar-refractivity contribution in [2.24, 2.45) is 0 Å². The van der Waals surface area contributed by atoms with Gasteiger partial charge in [0.05, 0.1) is 11.6 Å². The van der Waals surface area contributed by atoms with E-state index in [9.17, 15) is 4.79 Å². The number of carbonyl (C=O) groups excluding carboxylic acids is 1. The lowest BCUT2D eigenvalue weighted by atomic mass is 10.1. The molecule has 0 amide bonds. The number of halogens is 2. The molecule has 1 heterocycles. The number of rotatable bonds is 5. The summed E-state index contributed by atoms with van der Waals surface area (Å²) in [4.78, 5) is 16.7. The maximum atomic E-state index is 12.6. The molecule has 0 bridgehead atoms. The van der Waals surface area contributed by atoms with Gasteiger partial charge >= 0.3 is 0 Å². The highest BCUT2D eigenvalue weighted by Crippen LogP contribution is 2.34. The van der Waals surface area contributed by atoms with Crippen molar-refractivity contribution in [3.63, 3.8) is 0 Å². The smallest absolute Gasteiger partial charge is 0.220 e. The molecule has 1 unspecified atom stereocenters. The van der Waals surface area contributed by atoms with Gasteiger partial charge in [-0.15, -0.1) is 0 Å². The Bertz CT molecular complexity index is 802. The van der Waals surface area contributed by atoms with Crippen molar-refractivity contribution in [2.45, 2.75) is 11.8 Å². The molecule has 1 atom stereocenters. The first-order chi connectivity index (χ1) is 11.6. The molecule has 2 aromatic carbocycles. The van der Waals surface area contributed by atoms with Crippen LogP contribution in [-0.2, 0) is 6.54 Å². The summed E-state index contributed by atoms with van der Waals surface area (Å²) in [5.74, 6) is 0. The molecule has 0 N–H and O–H groups in total. The van der Waals surface area contributed by atoms with E-state index in [1.165, 1.54) is 11.8 Å². The molecule has 0 radical (unpaired) electrons. The first-order valence-electron chi connectivity index (χ1n) is 7.29. The van der Waals surface area contributed by atoms with E-state index >= 15 is 0 Å². The first-order valence-corrected chi connectivity index (χ1v) is 8.93. The van der Waals surface area contributed by atoms with Crippen molar-refractivity contribution in [3.05, 3.63) is 88.4 Å². The van der Waals surface area contributed by atoms with Gasteiger partial charge in [-0.05, 0) is 42.0 Å². The van der Waals surface area contributed by atoms with Gasteiger partial charge in [-0.3, -0.25) is 4.79 Å². The molecule has 0 fully saturated rings. The molecule has 6 heteroatoms. The molecule has 0 aliphatic rings. The van der Waals surface area contributed by atoms with E-state index in [1.54, 1.807) is 36.8 Å². The Kier molecular flexibility index (Phi) is 5.61. The Morgan fingerprint density at radius 3 is 2.25 bits per heavy atom. The van der Waals surface area contributed by atoms with Gasteiger partial charge in [0, 0.05) is 34.5 Å². The first kappa shape index (κ1) is 17.1. The van der Waals surface area contributed by atoms with Crippen molar-refractivity contribution in [2.75, 3.05) is 0 Å². The predicted molar refractivity (Wildman–Crippen MR) is 99.8 cm³/mol. The number of aromatic nitrogens is 2. The molecule has 0 aliphatic heterocycles. The maximum Gasteiger partial charge on any atom is 0.220 e. The summed E-state index contributed by atoms with van der Waals surface area (Å²) in [6.07, 6.45) is 5.36. The van der Waals surface area contributed by atoms with Gasteiger partial charge in [0.1, 0.15) is 0 Å². The third kappa shape index (κ3) is 4.41. The van der Waals surface area contributed by atoms with Crippen molar-refractivity contribution in [3.8, 4) is 0 Å². The lowest BCUT2D eigenvalue weighted by Gasteiger charge is -2.17. The molecule has 24 heavy (non-hydrogen) atoms. The van der Waals surface area contributed by atoms with Gasteiger partial charge in [-0.1, -0.05) is 47.1 Å². The largest absolute Gasteiger partial charge is 0.336 e. The van der Waals surface area contributed by atoms with E-state index in [2.05, 4.69) is 4.98 Å². The zero-order chi connectivity index (χ0) is 16.9. The Hall–Kier alpha value is -1.75.